The number of carbonyl (C=O) groups excluding carboxylic acids is 1. The maximum absolute atomic E-state index is 11.9. The number of aromatic nitrogens is 2. The van der Waals surface area contributed by atoms with Crippen molar-refractivity contribution in [3.8, 4) is 0 Å². The summed E-state index contributed by atoms with van der Waals surface area (Å²) in [5, 5.41) is 7.08. The Morgan fingerprint density at radius 3 is 2.82 bits per heavy atom. The van der Waals surface area contributed by atoms with Gasteiger partial charge in [-0.25, -0.2) is 0 Å². The lowest BCUT2D eigenvalue weighted by Crippen LogP contribution is -2.30. The summed E-state index contributed by atoms with van der Waals surface area (Å²) >= 11 is 5.71. The first-order valence-electron chi connectivity index (χ1n) is 5.93. The van der Waals surface area contributed by atoms with Gasteiger partial charge >= 0.3 is 0 Å². The second kappa shape index (κ2) is 6.64. The van der Waals surface area contributed by atoms with Crippen LogP contribution in [0.1, 0.15) is 35.9 Å². The molecule has 1 aromatic rings. The van der Waals surface area contributed by atoms with Crippen molar-refractivity contribution in [3.63, 3.8) is 0 Å². The van der Waals surface area contributed by atoms with E-state index in [1.807, 2.05) is 6.92 Å². The molecule has 0 fully saturated rings. The van der Waals surface area contributed by atoms with E-state index in [4.69, 9.17) is 11.6 Å². The zero-order chi connectivity index (χ0) is 12.8. The molecule has 96 valence electrons. The fourth-order valence-corrected chi connectivity index (χ4v) is 2.06. The van der Waals surface area contributed by atoms with Gasteiger partial charge < -0.3 is 5.32 Å². The number of aryl methyl sites for hydroxylation is 2. The summed E-state index contributed by atoms with van der Waals surface area (Å²) < 4.78 is 1.60. The van der Waals surface area contributed by atoms with Gasteiger partial charge in [-0.1, -0.05) is 13.3 Å². The lowest BCUT2D eigenvalue weighted by molar-refractivity contribution is 0.0937. The van der Waals surface area contributed by atoms with Crippen LogP contribution in [0.25, 0.3) is 0 Å². The predicted octanol–water partition coefficient (Wildman–Crippen LogP) is 2.11. The van der Waals surface area contributed by atoms with Crippen molar-refractivity contribution in [2.45, 2.75) is 26.7 Å². The molecule has 0 saturated heterocycles. The number of hydrogen-bond donors (Lipinski definition) is 1. The van der Waals surface area contributed by atoms with Crippen molar-refractivity contribution in [1.29, 1.82) is 0 Å². The highest BCUT2D eigenvalue weighted by Gasteiger charge is 2.13. The average Bonchev–Trinajstić information content (AvgIpc) is 2.63. The minimum absolute atomic E-state index is 0.0684. The number of alkyl halides is 1. The van der Waals surface area contributed by atoms with E-state index >= 15 is 0 Å². The van der Waals surface area contributed by atoms with Gasteiger partial charge in [-0.05, 0) is 25.3 Å². The van der Waals surface area contributed by atoms with Crippen LogP contribution in [0.4, 0.5) is 0 Å². The number of nitrogens with zero attached hydrogens (tertiary/aromatic N) is 2. The smallest absolute Gasteiger partial charge is 0.269 e. The lowest BCUT2D eigenvalue weighted by Gasteiger charge is -2.14. The van der Waals surface area contributed by atoms with E-state index in [1.54, 1.807) is 17.8 Å². The summed E-state index contributed by atoms with van der Waals surface area (Å²) in [7, 11) is 1.78. The Kier molecular flexibility index (Phi) is 5.48. The molecule has 1 unspecified atom stereocenters. The van der Waals surface area contributed by atoms with Crippen LogP contribution in [-0.4, -0.2) is 28.1 Å². The third-order valence-electron chi connectivity index (χ3n) is 2.88. The summed E-state index contributed by atoms with van der Waals surface area (Å²) in [5.74, 6) is 1.02. The SMILES string of the molecule is CCC(CCCl)CNC(=O)c1cc(C)nn1C. The molecule has 17 heavy (non-hydrogen) atoms. The molecule has 4 nitrogen and oxygen atoms in total. The summed E-state index contributed by atoms with van der Waals surface area (Å²) in [6, 6.07) is 1.79. The fourth-order valence-electron chi connectivity index (χ4n) is 1.76. The molecule has 0 aromatic carbocycles. The van der Waals surface area contributed by atoms with Crippen LogP contribution in [0.3, 0.4) is 0 Å². The highest BCUT2D eigenvalue weighted by atomic mass is 35.5. The van der Waals surface area contributed by atoms with E-state index in [1.165, 1.54) is 0 Å². The first-order valence-corrected chi connectivity index (χ1v) is 6.46. The third kappa shape index (κ3) is 4.04. The molecular weight excluding hydrogens is 238 g/mol. The number of carbonyl (C=O) groups is 1. The summed E-state index contributed by atoms with van der Waals surface area (Å²) in [6.07, 6.45) is 1.96. The standard InChI is InChI=1S/C12H20ClN3O/c1-4-10(5-6-13)8-14-12(17)11-7-9(2)15-16(11)3/h7,10H,4-6,8H2,1-3H3,(H,14,17). The molecule has 0 aliphatic heterocycles. The molecule has 0 saturated carbocycles. The van der Waals surface area contributed by atoms with E-state index in [0.717, 1.165) is 18.5 Å². The first-order chi connectivity index (χ1) is 8.08. The highest BCUT2D eigenvalue weighted by Crippen LogP contribution is 2.08. The largest absolute Gasteiger partial charge is 0.350 e. The van der Waals surface area contributed by atoms with Gasteiger partial charge in [-0.2, -0.15) is 5.10 Å². The second-order valence-electron chi connectivity index (χ2n) is 4.26. The van der Waals surface area contributed by atoms with Crippen LogP contribution in [0.15, 0.2) is 6.07 Å². The van der Waals surface area contributed by atoms with Gasteiger partial charge in [0.2, 0.25) is 0 Å². The topological polar surface area (TPSA) is 46.9 Å². The van der Waals surface area contributed by atoms with Crippen molar-refractivity contribution < 1.29 is 4.79 Å². The molecule has 0 aliphatic carbocycles. The highest BCUT2D eigenvalue weighted by molar-refractivity contribution is 6.17. The van der Waals surface area contributed by atoms with Gasteiger partial charge in [0.25, 0.3) is 5.91 Å². The minimum Gasteiger partial charge on any atom is -0.350 e. The molecule has 0 aliphatic rings. The number of hydrogen-bond acceptors (Lipinski definition) is 2. The van der Waals surface area contributed by atoms with Crippen LogP contribution in [0.5, 0.6) is 0 Å². The van der Waals surface area contributed by atoms with Crippen molar-refractivity contribution >= 4 is 17.5 Å². The molecule has 1 aromatic heterocycles. The molecule has 1 heterocycles. The summed E-state index contributed by atoms with van der Waals surface area (Å²) in [6.45, 7) is 4.66. The Hall–Kier alpha value is -1.03. The van der Waals surface area contributed by atoms with E-state index in [9.17, 15) is 4.79 Å². The van der Waals surface area contributed by atoms with Crippen LogP contribution >= 0.6 is 11.6 Å². The molecule has 1 atom stereocenters. The van der Waals surface area contributed by atoms with Crippen LogP contribution < -0.4 is 5.32 Å². The third-order valence-corrected chi connectivity index (χ3v) is 3.10. The first kappa shape index (κ1) is 14.0. The number of halogens is 1. The number of nitrogens with one attached hydrogen (secondary N) is 1. The Balaban J connectivity index is 2.52. The Bertz CT molecular complexity index is 376. The van der Waals surface area contributed by atoms with Crippen molar-refractivity contribution in [3.05, 3.63) is 17.5 Å². The van der Waals surface area contributed by atoms with Gasteiger partial charge in [0.1, 0.15) is 5.69 Å². The van der Waals surface area contributed by atoms with Crippen molar-refractivity contribution in [2.24, 2.45) is 13.0 Å². The Morgan fingerprint density at radius 1 is 1.65 bits per heavy atom. The van der Waals surface area contributed by atoms with E-state index < -0.39 is 0 Å². The van der Waals surface area contributed by atoms with E-state index in [0.29, 0.717) is 24.0 Å². The maximum Gasteiger partial charge on any atom is 0.269 e. The molecule has 1 N–H and O–H groups in total. The molecule has 0 bridgehead atoms. The Labute approximate surface area is 107 Å². The van der Waals surface area contributed by atoms with Crippen molar-refractivity contribution in [2.75, 3.05) is 12.4 Å². The van der Waals surface area contributed by atoms with Gasteiger partial charge in [0.05, 0.1) is 5.69 Å². The molecule has 0 radical (unpaired) electrons. The number of rotatable bonds is 6. The second-order valence-corrected chi connectivity index (χ2v) is 4.63. The van der Waals surface area contributed by atoms with Crippen molar-refractivity contribution in [1.82, 2.24) is 15.1 Å². The van der Waals surface area contributed by atoms with Crippen LogP contribution in [0.2, 0.25) is 0 Å². The minimum atomic E-state index is -0.0684. The quantitative estimate of drug-likeness (QED) is 0.794. The normalized spacial score (nSPS) is 12.5. The van der Waals surface area contributed by atoms with Gasteiger partial charge in [-0.3, -0.25) is 9.48 Å². The zero-order valence-electron chi connectivity index (χ0n) is 10.7. The molecule has 5 heteroatoms. The van der Waals surface area contributed by atoms with Crippen LogP contribution in [0, 0.1) is 12.8 Å². The fraction of sp³-hybridized carbons (Fsp3) is 0.667. The molecule has 1 amide bonds. The lowest BCUT2D eigenvalue weighted by atomic mass is 10.0. The zero-order valence-corrected chi connectivity index (χ0v) is 11.4. The molecule has 0 spiro atoms. The monoisotopic (exact) mass is 257 g/mol. The Morgan fingerprint density at radius 2 is 2.35 bits per heavy atom. The average molecular weight is 258 g/mol. The maximum atomic E-state index is 11.9. The molecule has 1 rings (SSSR count). The number of amides is 1. The van der Waals surface area contributed by atoms with E-state index in [-0.39, 0.29) is 5.91 Å². The summed E-state index contributed by atoms with van der Waals surface area (Å²) in [5.41, 5.74) is 1.45. The van der Waals surface area contributed by atoms with Gasteiger partial charge in [0.15, 0.2) is 0 Å². The van der Waals surface area contributed by atoms with Gasteiger partial charge in [-0.15, -0.1) is 11.6 Å². The molecular formula is C12H20ClN3O. The predicted molar refractivity (Wildman–Crippen MR) is 69.4 cm³/mol. The van der Waals surface area contributed by atoms with E-state index in [2.05, 4.69) is 17.3 Å². The van der Waals surface area contributed by atoms with Gasteiger partial charge in [0, 0.05) is 19.5 Å². The summed E-state index contributed by atoms with van der Waals surface area (Å²) in [4.78, 5) is 11.9. The van der Waals surface area contributed by atoms with Crippen LogP contribution in [-0.2, 0) is 7.05 Å².